The molecule has 6 heteroatoms. The minimum Gasteiger partial charge on any atom is -0.493 e. The van der Waals surface area contributed by atoms with E-state index in [2.05, 4.69) is 0 Å². The molecule has 1 aromatic carbocycles. The summed E-state index contributed by atoms with van der Waals surface area (Å²) >= 11 is 0. The van der Waals surface area contributed by atoms with E-state index in [1.165, 1.54) is 13.5 Å². The summed E-state index contributed by atoms with van der Waals surface area (Å²) in [5.74, 6) is 0.757. The van der Waals surface area contributed by atoms with Crippen molar-refractivity contribution >= 4 is 10.1 Å². The van der Waals surface area contributed by atoms with E-state index >= 15 is 0 Å². The van der Waals surface area contributed by atoms with Crippen molar-refractivity contribution in [3.63, 3.8) is 0 Å². The molecule has 1 aromatic rings. The highest BCUT2D eigenvalue weighted by Gasteiger charge is 2.18. The van der Waals surface area contributed by atoms with Gasteiger partial charge in [-0.3, -0.25) is 0 Å². The Morgan fingerprint density at radius 3 is 2.62 bits per heavy atom. The molecular formula is C18H28O5S. The highest BCUT2D eigenvalue weighted by molar-refractivity contribution is 7.87. The third kappa shape index (κ3) is 5.98. The normalized spacial score (nSPS) is 17.3. The Balaban J connectivity index is 1.88. The van der Waals surface area contributed by atoms with Crippen molar-refractivity contribution in [3.8, 4) is 11.5 Å². The van der Waals surface area contributed by atoms with Crippen LogP contribution in [-0.2, 0) is 21.3 Å². The van der Waals surface area contributed by atoms with E-state index in [1.54, 1.807) is 6.07 Å². The van der Waals surface area contributed by atoms with Crippen LogP contribution in [0.25, 0.3) is 0 Å². The zero-order chi connectivity index (χ0) is 17.4. The Morgan fingerprint density at radius 2 is 2.00 bits per heavy atom. The van der Waals surface area contributed by atoms with Crippen LogP contribution < -0.4 is 8.92 Å². The van der Waals surface area contributed by atoms with Crippen LogP contribution in [0, 0.1) is 0 Å². The van der Waals surface area contributed by atoms with Crippen molar-refractivity contribution in [2.24, 2.45) is 0 Å². The van der Waals surface area contributed by atoms with Crippen molar-refractivity contribution in [1.29, 1.82) is 0 Å². The summed E-state index contributed by atoms with van der Waals surface area (Å²) in [6.07, 6.45) is 7.32. The van der Waals surface area contributed by atoms with E-state index in [0.717, 1.165) is 44.3 Å². The molecule has 1 fully saturated rings. The average molecular weight is 356 g/mol. The second kappa shape index (κ2) is 9.28. The lowest BCUT2D eigenvalue weighted by molar-refractivity contribution is -0.0555. The number of rotatable bonds is 11. The molecule has 1 heterocycles. The summed E-state index contributed by atoms with van der Waals surface area (Å²) in [6.45, 7) is 2.85. The van der Waals surface area contributed by atoms with Crippen LogP contribution in [0.15, 0.2) is 18.2 Å². The number of aryl methyl sites for hydroxylation is 1. The number of benzene rings is 1. The van der Waals surface area contributed by atoms with E-state index in [9.17, 15) is 8.42 Å². The summed E-state index contributed by atoms with van der Waals surface area (Å²) in [6, 6.07) is 5.46. The molecule has 1 aliphatic heterocycles. The standard InChI is InChI=1S/C18H28O5S/c1-3-4-13-24(19,20)23-17-10-9-15(14-18(17)21-2)7-5-6-8-16-11-12-22-16/h9-10,14,16H,3-8,11-13H2,1-2H3. The zero-order valence-corrected chi connectivity index (χ0v) is 15.4. The van der Waals surface area contributed by atoms with E-state index in [4.69, 9.17) is 13.7 Å². The zero-order valence-electron chi connectivity index (χ0n) is 14.6. The largest absolute Gasteiger partial charge is 0.493 e. The fourth-order valence-corrected chi connectivity index (χ4v) is 3.79. The van der Waals surface area contributed by atoms with E-state index in [1.807, 2.05) is 19.1 Å². The van der Waals surface area contributed by atoms with Crippen molar-refractivity contribution in [2.75, 3.05) is 19.5 Å². The lowest BCUT2D eigenvalue weighted by atomic mass is 10.0. The molecule has 0 amide bonds. The van der Waals surface area contributed by atoms with Crippen molar-refractivity contribution in [3.05, 3.63) is 23.8 Å². The SMILES string of the molecule is CCCCS(=O)(=O)Oc1ccc(CCCCC2CCO2)cc1OC. The number of hydrogen-bond acceptors (Lipinski definition) is 5. The Labute approximate surface area is 145 Å². The third-order valence-electron chi connectivity index (χ3n) is 4.23. The summed E-state index contributed by atoms with van der Waals surface area (Å²) < 4.78 is 39.8. The predicted molar refractivity (Wildman–Crippen MR) is 94.2 cm³/mol. The molecule has 1 atom stereocenters. The van der Waals surface area contributed by atoms with Gasteiger partial charge in [0.25, 0.3) is 0 Å². The lowest BCUT2D eigenvalue weighted by Gasteiger charge is -2.26. The minimum absolute atomic E-state index is 0.0254. The predicted octanol–water partition coefficient (Wildman–Crippen LogP) is 3.71. The van der Waals surface area contributed by atoms with Gasteiger partial charge in [-0.1, -0.05) is 25.8 Å². The molecule has 1 unspecified atom stereocenters. The number of ether oxygens (including phenoxy) is 2. The molecule has 24 heavy (non-hydrogen) atoms. The quantitative estimate of drug-likeness (QED) is 0.447. The molecule has 2 rings (SSSR count). The van der Waals surface area contributed by atoms with Crippen molar-refractivity contribution in [1.82, 2.24) is 0 Å². The van der Waals surface area contributed by atoms with E-state index in [0.29, 0.717) is 18.3 Å². The molecule has 5 nitrogen and oxygen atoms in total. The van der Waals surface area contributed by atoms with Gasteiger partial charge in [0, 0.05) is 6.61 Å². The van der Waals surface area contributed by atoms with Gasteiger partial charge in [-0.15, -0.1) is 0 Å². The monoisotopic (exact) mass is 356 g/mol. The summed E-state index contributed by atoms with van der Waals surface area (Å²) in [7, 11) is -2.04. The second-order valence-corrected chi connectivity index (χ2v) is 7.90. The molecule has 0 radical (unpaired) electrons. The smallest absolute Gasteiger partial charge is 0.309 e. The van der Waals surface area contributed by atoms with Crippen LogP contribution >= 0.6 is 0 Å². The molecule has 1 aliphatic rings. The molecule has 0 spiro atoms. The topological polar surface area (TPSA) is 61.8 Å². The first-order valence-electron chi connectivity index (χ1n) is 8.74. The molecule has 0 N–H and O–H groups in total. The minimum atomic E-state index is -3.56. The van der Waals surface area contributed by atoms with Gasteiger partial charge in [0.1, 0.15) is 0 Å². The summed E-state index contributed by atoms with van der Waals surface area (Å²) in [4.78, 5) is 0. The van der Waals surface area contributed by atoms with Crippen molar-refractivity contribution < 1.29 is 22.1 Å². The van der Waals surface area contributed by atoms with Crippen LogP contribution in [0.5, 0.6) is 11.5 Å². The fourth-order valence-electron chi connectivity index (χ4n) is 2.65. The van der Waals surface area contributed by atoms with Gasteiger partial charge >= 0.3 is 10.1 Å². The van der Waals surface area contributed by atoms with Gasteiger partial charge in [0.15, 0.2) is 11.5 Å². The molecular weight excluding hydrogens is 328 g/mol. The van der Waals surface area contributed by atoms with Crippen molar-refractivity contribution in [2.45, 2.75) is 58.0 Å². The van der Waals surface area contributed by atoms with Gasteiger partial charge in [0.05, 0.1) is 19.0 Å². The van der Waals surface area contributed by atoms with E-state index in [-0.39, 0.29) is 11.5 Å². The highest BCUT2D eigenvalue weighted by Crippen LogP contribution is 2.30. The third-order valence-corrected chi connectivity index (χ3v) is 5.45. The second-order valence-electron chi connectivity index (χ2n) is 6.21. The van der Waals surface area contributed by atoms with Gasteiger partial charge in [-0.2, -0.15) is 8.42 Å². The van der Waals surface area contributed by atoms with Gasteiger partial charge in [-0.25, -0.2) is 0 Å². The van der Waals surface area contributed by atoms with E-state index < -0.39 is 10.1 Å². The molecule has 0 saturated carbocycles. The van der Waals surface area contributed by atoms with Gasteiger partial charge in [-0.05, 0) is 49.8 Å². The maximum Gasteiger partial charge on any atom is 0.309 e. The maximum absolute atomic E-state index is 11.9. The van der Waals surface area contributed by atoms with Crippen LogP contribution in [0.1, 0.15) is 51.0 Å². The fraction of sp³-hybridized carbons (Fsp3) is 0.667. The lowest BCUT2D eigenvalue weighted by Crippen LogP contribution is -2.26. The number of unbranched alkanes of at least 4 members (excludes halogenated alkanes) is 2. The number of hydrogen-bond donors (Lipinski definition) is 0. The Kier molecular flexibility index (Phi) is 7.37. The molecule has 0 aromatic heterocycles. The Morgan fingerprint density at radius 1 is 1.21 bits per heavy atom. The molecule has 0 aliphatic carbocycles. The summed E-state index contributed by atoms with van der Waals surface area (Å²) in [5.41, 5.74) is 1.12. The Bertz CT molecular complexity index is 608. The molecule has 0 bridgehead atoms. The number of methoxy groups -OCH3 is 1. The average Bonchev–Trinajstić information content (AvgIpc) is 2.52. The summed E-state index contributed by atoms with van der Waals surface area (Å²) in [5, 5.41) is 0. The first-order valence-corrected chi connectivity index (χ1v) is 10.3. The first kappa shape index (κ1) is 19.1. The first-order chi connectivity index (χ1) is 11.5. The van der Waals surface area contributed by atoms with Crippen LogP contribution in [0.4, 0.5) is 0 Å². The van der Waals surface area contributed by atoms with Gasteiger partial charge < -0.3 is 13.7 Å². The Hall–Kier alpha value is -1.27. The van der Waals surface area contributed by atoms with Crippen LogP contribution in [-0.4, -0.2) is 34.0 Å². The maximum atomic E-state index is 11.9. The van der Waals surface area contributed by atoms with Crippen LogP contribution in [0.2, 0.25) is 0 Å². The van der Waals surface area contributed by atoms with Crippen LogP contribution in [0.3, 0.4) is 0 Å². The highest BCUT2D eigenvalue weighted by atomic mass is 32.2. The molecule has 136 valence electrons. The van der Waals surface area contributed by atoms with Gasteiger partial charge in [0.2, 0.25) is 0 Å². The molecule has 1 saturated heterocycles.